The SMILES string of the molecule is [C]#CC#N. The molecule has 0 saturated heterocycles. The average molecular weight is 50.0 g/mol. The molecule has 0 bridgehead atoms. The van der Waals surface area contributed by atoms with Crippen molar-refractivity contribution in [2.24, 2.45) is 0 Å². The molecular weight excluding hydrogens is 50.0 g/mol. The Balaban J connectivity index is 3.14. The normalized spacial score (nSPS) is 2.50. The highest BCUT2D eigenvalue weighted by atomic mass is 14.2. The molecule has 0 N–H and O–H groups in total. The van der Waals surface area contributed by atoms with Crippen LogP contribution in [-0.4, -0.2) is 0 Å². The third-order valence-electron chi connectivity index (χ3n) is 0.0559. The van der Waals surface area contributed by atoms with Crippen LogP contribution in [0.4, 0.5) is 0 Å². The van der Waals surface area contributed by atoms with Crippen LogP contribution in [0.3, 0.4) is 0 Å². The van der Waals surface area contributed by atoms with Gasteiger partial charge in [0.15, 0.2) is 6.07 Å². The minimum Gasteiger partial charge on any atom is -0.183 e. The van der Waals surface area contributed by atoms with Gasteiger partial charge in [-0.1, -0.05) is 0 Å². The van der Waals surface area contributed by atoms with E-state index in [0.717, 1.165) is 0 Å². The maximum atomic E-state index is 7.33. The van der Waals surface area contributed by atoms with Crippen LogP contribution in [0.15, 0.2) is 0 Å². The molecule has 0 rings (SSSR count). The Morgan fingerprint density at radius 2 is 2.00 bits per heavy atom. The number of hydrogen-bond acceptors (Lipinski definition) is 1. The summed E-state index contributed by atoms with van der Waals surface area (Å²) in [6.07, 6.45) is 5.84. The van der Waals surface area contributed by atoms with Gasteiger partial charge < -0.3 is 0 Å². The highest BCUT2D eigenvalue weighted by Crippen LogP contribution is 1.27. The van der Waals surface area contributed by atoms with Gasteiger partial charge >= 0.3 is 0 Å². The lowest BCUT2D eigenvalue weighted by Crippen LogP contribution is -1.25. The monoisotopic (exact) mass is 50.0 g/mol. The van der Waals surface area contributed by atoms with E-state index in [2.05, 4.69) is 0 Å². The van der Waals surface area contributed by atoms with Crippen LogP contribution in [0.1, 0.15) is 0 Å². The van der Waals surface area contributed by atoms with E-state index in [4.69, 9.17) is 11.7 Å². The molecule has 0 heterocycles. The highest BCUT2D eigenvalue weighted by Gasteiger charge is 1.33. The quantitative estimate of drug-likeness (QED) is 0.357. The molecule has 4 heavy (non-hydrogen) atoms. The fourth-order valence-electron chi connectivity index (χ4n) is 0. The van der Waals surface area contributed by atoms with E-state index in [9.17, 15) is 0 Å². The molecule has 0 amide bonds. The zero-order valence-corrected chi connectivity index (χ0v) is 1.95. The Morgan fingerprint density at radius 3 is 2.00 bits per heavy atom. The molecule has 0 aliphatic heterocycles. The van der Waals surface area contributed by atoms with Crippen molar-refractivity contribution < 1.29 is 0 Å². The van der Waals surface area contributed by atoms with Crippen LogP contribution in [0.2, 0.25) is 0 Å². The predicted octanol–water partition coefficient (Wildman–Crippen LogP) is 0.0998. The molecule has 0 aromatic carbocycles. The third kappa shape index (κ3) is 1.05. The van der Waals surface area contributed by atoms with E-state index in [0.29, 0.717) is 0 Å². The van der Waals surface area contributed by atoms with Gasteiger partial charge in [-0.25, -0.2) is 0 Å². The third-order valence-corrected chi connectivity index (χ3v) is 0.0559. The summed E-state index contributed by atoms with van der Waals surface area (Å²) in [7, 11) is 0. The van der Waals surface area contributed by atoms with Gasteiger partial charge in [-0.15, -0.1) is 0 Å². The molecule has 1 heteroatoms. The largest absolute Gasteiger partial charge is 0.183 e. The first-order valence-corrected chi connectivity index (χ1v) is 0.724. The lowest BCUT2D eigenvalue weighted by atomic mass is 10.8. The summed E-state index contributed by atoms with van der Waals surface area (Å²) >= 11 is 0. The molecule has 0 atom stereocenters. The number of hydrogen-bond donors (Lipinski definition) is 0. The molecule has 0 aliphatic rings. The van der Waals surface area contributed by atoms with Crippen LogP contribution in [-0.2, 0) is 0 Å². The molecule has 0 aliphatic carbocycles. The van der Waals surface area contributed by atoms with Gasteiger partial charge in [0.05, 0.1) is 0 Å². The first-order valence-electron chi connectivity index (χ1n) is 0.724. The summed E-state index contributed by atoms with van der Waals surface area (Å²) in [4.78, 5) is 0. The lowest BCUT2D eigenvalue weighted by Gasteiger charge is -1.21. The van der Waals surface area contributed by atoms with Crippen molar-refractivity contribution in [3.05, 3.63) is 6.42 Å². The van der Waals surface area contributed by atoms with Crippen LogP contribution < -0.4 is 0 Å². The molecule has 0 fully saturated rings. The summed E-state index contributed by atoms with van der Waals surface area (Å²) in [5, 5.41) is 7.33. The Bertz CT molecular complexity index is 58.3. The van der Waals surface area contributed by atoms with Crippen molar-refractivity contribution in [1.29, 1.82) is 5.26 Å². The summed E-state index contributed by atoms with van der Waals surface area (Å²) in [6.45, 7) is 0. The van der Waals surface area contributed by atoms with E-state index >= 15 is 0 Å². The Hall–Kier alpha value is -0.950. The van der Waals surface area contributed by atoms with E-state index in [1.165, 1.54) is 12.0 Å². The maximum absolute atomic E-state index is 7.33. The van der Waals surface area contributed by atoms with Crippen molar-refractivity contribution in [2.75, 3.05) is 0 Å². The summed E-state index contributed by atoms with van der Waals surface area (Å²) in [6, 6.07) is 1.35. The van der Waals surface area contributed by atoms with Crippen LogP contribution >= 0.6 is 0 Å². The molecule has 0 unspecified atom stereocenters. The highest BCUT2D eigenvalue weighted by molar-refractivity contribution is 5.03. The van der Waals surface area contributed by atoms with Crippen molar-refractivity contribution >= 4 is 0 Å². The second-order valence-electron chi connectivity index (χ2n) is 0.237. The van der Waals surface area contributed by atoms with Crippen LogP contribution in [0, 0.1) is 23.7 Å². The summed E-state index contributed by atoms with van der Waals surface area (Å²) in [5.74, 6) is 1.49. The van der Waals surface area contributed by atoms with Gasteiger partial charge in [0.25, 0.3) is 0 Å². The smallest absolute Gasteiger partial charge is 0.153 e. The van der Waals surface area contributed by atoms with Gasteiger partial charge in [-0.3, -0.25) is 0 Å². The zero-order chi connectivity index (χ0) is 3.41. The lowest BCUT2D eigenvalue weighted by molar-refractivity contribution is 1.55. The zero-order valence-electron chi connectivity index (χ0n) is 1.95. The van der Waals surface area contributed by atoms with Gasteiger partial charge in [0.1, 0.15) is 0 Å². The first-order chi connectivity index (χ1) is 1.91. The van der Waals surface area contributed by atoms with Crippen LogP contribution in [0.5, 0.6) is 0 Å². The second kappa shape index (κ2) is 2.05. The first kappa shape index (κ1) is 3.05. The minimum absolute atomic E-state index is 1.35. The average Bonchev–Trinajstić information content (AvgIpc) is 1.37. The van der Waals surface area contributed by atoms with Crippen LogP contribution in [0.25, 0.3) is 0 Å². The number of nitrogens with zero attached hydrogens (tertiary/aromatic N) is 1. The standard InChI is InChI=1S/C3N/c1-2-3-4. The van der Waals surface area contributed by atoms with E-state index in [-0.39, 0.29) is 0 Å². The van der Waals surface area contributed by atoms with Crippen molar-refractivity contribution in [3.8, 4) is 12.0 Å². The Kier molecular flexibility index (Phi) is 1.56. The van der Waals surface area contributed by atoms with E-state index in [1.54, 1.807) is 0 Å². The fraction of sp³-hybridized carbons (Fsp3) is 0. The topological polar surface area (TPSA) is 23.8 Å². The molecule has 0 saturated carbocycles. The molecular formula is C3N. The Labute approximate surface area is 24.9 Å². The summed E-state index contributed by atoms with van der Waals surface area (Å²) < 4.78 is 0. The van der Waals surface area contributed by atoms with E-state index in [1.807, 2.05) is 0 Å². The number of nitriles is 1. The molecule has 0 aromatic rings. The maximum Gasteiger partial charge on any atom is 0.153 e. The van der Waals surface area contributed by atoms with Gasteiger partial charge in [0.2, 0.25) is 0 Å². The van der Waals surface area contributed by atoms with Crippen molar-refractivity contribution in [1.82, 2.24) is 0 Å². The van der Waals surface area contributed by atoms with Gasteiger partial charge in [-0.05, 0) is 0 Å². The molecule has 1 radical (unpaired) electrons. The molecule has 0 spiro atoms. The predicted molar refractivity (Wildman–Crippen MR) is 12.7 cm³/mol. The molecule has 17 valence electrons. The van der Waals surface area contributed by atoms with Gasteiger partial charge in [-0.2, -0.15) is 5.26 Å². The minimum atomic E-state index is 1.35. The molecule has 0 aromatic heterocycles. The molecule has 1 nitrogen and oxygen atoms in total. The Morgan fingerprint density at radius 1 is 1.75 bits per heavy atom. The van der Waals surface area contributed by atoms with Gasteiger partial charge in [0, 0.05) is 12.3 Å². The van der Waals surface area contributed by atoms with E-state index < -0.39 is 0 Å². The van der Waals surface area contributed by atoms with Crippen molar-refractivity contribution in [2.45, 2.75) is 0 Å². The second-order valence-corrected chi connectivity index (χ2v) is 0.237. The number of rotatable bonds is 0. The van der Waals surface area contributed by atoms with Crippen molar-refractivity contribution in [3.63, 3.8) is 0 Å². The summed E-state index contributed by atoms with van der Waals surface area (Å²) in [5.41, 5.74) is 0. The fourth-order valence-corrected chi connectivity index (χ4v) is 0.